The summed E-state index contributed by atoms with van der Waals surface area (Å²) in [6.45, 7) is 4.72. The summed E-state index contributed by atoms with van der Waals surface area (Å²) in [5, 5.41) is 9.83. The van der Waals surface area contributed by atoms with Crippen LogP contribution < -0.4 is 0 Å². The molecule has 1 heterocycles. The maximum atomic E-state index is 12.3. The molecule has 1 aromatic rings. The Kier molecular flexibility index (Phi) is 2.90. The minimum Gasteiger partial charge on any atom is -0.476 e. The normalized spacial score (nSPS) is 18.4. The summed E-state index contributed by atoms with van der Waals surface area (Å²) in [6, 6.07) is 9.10. The molecule has 0 saturated heterocycles. The Balaban J connectivity index is 2.44. The largest absolute Gasteiger partial charge is 0.476 e. The van der Waals surface area contributed by atoms with Gasteiger partial charge in [0.2, 0.25) is 0 Å². The average Bonchev–Trinajstić information content (AvgIpc) is 2.62. The first-order valence-corrected chi connectivity index (χ1v) is 5.75. The van der Waals surface area contributed by atoms with Crippen molar-refractivity contribution in [3.63, 3.8) is 0 Å². The second kappa shape index (κ2) is 4.22. The summed E-state index contributed by atoms with van der Waals surface area (Å²) in [5.41, 5.74) is 0.964. The Labute approximate surface area is 100 Å². The minimum absolute atomic E-state index is 0.171. The van der Waals surface area contributed by atoms with Gasteiger partial charge in [0, 0.05) is 0 Å². The van der Waals surface area contributed by atoms with E-state index < -0.39 is 0 Å². The molecule has 90 valence electrons. The summed E-state index contributed by atoms with van der Waals surface area (Å²) in [4.78, 5) is 17.7. The number of hydroxylamine groups is 3. The van der Waals surface area contributed by atoms with Crippen LogP contribution in [0.2, 0.25) is 0 Å². The smallest absolute Gasteiger partial charge is 0.395 e. The quantitative estimate of drug-likeness (QED) is 0.816. The van der Waals surface area contributed by atoms with Crippen molar-refractivity contribution < 1.29 is 19.4 Å². The Bertz CT molecular complexity index is 461. The molecule has 0 aromatic heterocycles. The molecule has 0 spiro atoms. The van der Waals surface area contributed by atoms with Gasteiger partial charge in [-0.3, -0.25) is 4.84 Å². The van der Waals surface area contributed by atoms with Gasteiger partial charge in [0.25, 0.3) is 0 Å². The molecule has 4 nitrogen and oxygen atoms in total. The molecule has 2 rings (SSSR count). The summed E-state index contributed by atoms with van der Waals surface area (Å²) < 4.78 is -0.171. The molecule has 1 aliphatic heterocycles. The number of likely N-dealkylation sites (N-methyl/N-ethyl adjacent to an activating group) is 1. The van der Waals surface area contributed by atoms with Crippen LogP contribution in [0.5, 0.6) is 0 Å². The molecule has 1 N–H and O–H groups in total. The number of amides is 1. The van der Waals surface area contributed by atoms with Gasteiger partial charge in [-0.05, 0) is 19.4 Å². The van der Waals surface area contributed by atoms with E-state index in [1.807, 2.05) is 32.0 Å². The van der Waals surface area contributed by atoms with Gasteiger partial charge >= 0.3 is 11.9 Å². The highest BCUT2D eigenvalue weighted by atomic mass is 16.8. The lowest BCUT2D eigenvalue weighted by Crippen LogP contribution is -2.48. The van der Waals surface area contributed by atoms with E-state index in [2.05, 4.69) is 0 Å². The van der Waals surface area contributed by atoms with Crippen LogP contribution in [0.3, 0.4) is 0 Å². The third kappa shape index (κ3) is 1.70. The first kappa shape index (κ1) is 11.7. The van der Waals surface area contributed by atoms with Crippen LogP contribution in [0.15, 0.2) is 36.3 Å². The van der Waals surface area contributed by atoms with Crippen LogP contribution in [-0.2, 0) is 9.63 Å². The molecule has 0 aliphatic carbocycles. The molecule has 0 atom stereocenters. The third-order valence-corrected chi connectivity index (χ3v) is 3.14. The first-order chi connectivity index (χ1) is 8.14. The van der Waals surface area contributed by atoms with Gasteiger partial charge in [0.1, 0.15) is 13.1 Å². The van der Waals surface area contributed by atoms with E-state index in [9.17, 15) is 9.90 Å². The second-order valence-electron chi connectivity index (χ2n) is 3.96. The first-order valence-electron chi connectivity index (χ1n) is 5.75. The Morgan fingerprint density at radius 1 is 1.18 bits per heavy atom. The summed E-state index contributed by atoms with van der Waals surface area (Å²) in [5.74, 6) is -0.455. The van der Waals surface area contributed by atoms with Crippen molar-refractivity contribution in [2.45, 2.75) is 13.8 Å². The molecule has 1 amide bonds. The third-order valence-electron chi connectivity index (χ3n) is 3.14. The monoisotopic (exact) mass is 234 g/mol. The molecule has 17 heavy (non-hydrogen) atoms. The lowest BCUT2D eigenvalue weighted by Gasteiger charge is -2.24. The summed E-state index contributed by atoms with van der Waals surface area (Å²) in [6.07, 6.45) is 0. The van der Waals surface area contributed by atoms with Crippen molar-refractivity contribution in [2.24, 2.45) is 0 Å². The van der Waals surface area contributed by atoms with Gasteiger partial charge in [0.15, 0.2) is 5.57 Å². The number of benzene rings is 1. The number of carbonyl (C=O) groups excluding carboxylic acids is 1. The zero-order valence-electron chi connectivity index (χ0n) is 10.0. The van der Waals surface area contributed by atoms with Crippen molar-refractivity contribution in [3.8, 4) is 0 Å². The maximum absolute atomic E-state index is 12.3. The van der Waals surface area contributed by atoms with Crippen LogP contribution in [0.1, 0.15) is 19.4 Å². The van der Waals surface area contributed by atoms with Gasteiger partial charge < -0.3 is 5.11 Å². The van der Waals surface area contributed by atoms with Gasteiger partial charge in [-0.2, -0.15) is 0 Å². The number of carbonyl (C=O) groups is 1. The molecule has 1 aliphatic rings. The van der Waals surface area contributed by atoms with E-state index in [0.717, 1.165) is 0 Å². The number of aliphatic hydroxyl groups excluding tert-OH is 1. The molecular weight excluding hydrogens is 218 g/mol. The van der Waals surface area contributed by atoms with Gasteiger partial charge in [0.05, 0.1) is 0 Å². The highest BCUT2D eigenvalue weighted by Crippen LogP contribution is 2.33. The van der Waals surface area contributed by atoms with Crippen LogP contribution in [0.4, 0.5) is 0 Å². The SMILES string of the molecule is CC[N+]1(CC)OC(O)=C(c2ccccc2)C1=O. The van der Waals surface area contributed by atoms with Crippen molar-refractivity contribution in [3.05, 3.63) is 41.8 Å². The summed E-state index contributed by atoms with van der Waals surface area (Å²) in [7, 11) is 0. The zero-order valence-corrected chi connectivity index (χ0v) is 10.0. The van der Waals surface area contributed by atoms with E-state index in [1.165, 1.54) is 0 Å². The Morgan fingerprint density at radius 3 is 2.24 bits per heavy atom. The summed E-state index contributed by atoms with van der Waals surface area (Å²) >= 11 is 0. The van der Waals surface area contributed by atoms with Crippen molar-refractivity contribution in [1.82, 2.24) is 0 Å². The maximum Gasteiger partial charge on any atom is 0.395 e. The molecule has 0 saturated carbocycles. The lowest BCUT2D eigenvalue weighted by molar-refractivity contribution is -1.03. The number of nitrogens with zero attached hydrogens (tertiary/aromatic N) is 1. The van der Waals surface area contributed by atoms with Crippen LogP contribution in [0, 0.1) is 0 Å². The number of hydrogen-bond acceptors (Lipinski definition) is 3. The van der Waals surface area contributed by atoms with Crippen LogP contribution in [0.25, 0.3) is 5.57 Å². The van der Waals surface area contributed by atoms with Crippen molar-refractivity contribution >= 4 is 11.5 Å². The molecule has 1 aromatic carbocycles. The Hall–Kier alpha value is -1.81. The molecule has 0 unspecified atom stereocenters. The average molecular weight is 234 g/mol. The van der Waals surface area contributed by atoms with Gasteiger partial charge in [-0.1, -0.05) is 35.0 Å². The molecule has 4 heteroatoms. The predicted octanol–water partition coefficient (Wildman–Crippen LogP) is 2.24. The van der Waals surface area contributed by atoms with E-state index in [4.69, 9.17) is 4.84 Å². The Morgan fingerprint density at radius 2 is 1.76 bits per heavy atom. The van der Waals surface area contributed by atoms with E-state index in [1.54, 1.807) is 12.1 Å². The minimum atomic E-state index is -0.273. The fraction of sp³-hybridized carbons (Fsp3) is 0.308. The van der Waals surface area contributed by atoms with Gasteiger partial charge in [-0.15, -0.1) is 0 Å². The van der Waals surface area contributed by atoms with Crippen molar-refractivity contribution in [2.75, 3.05) is 13.1 Å². The van der Waals surface area contributed by atoms with Crippen molar-refractivity contribution in [1.29, 1.82) is 0 Å². The van der Waals surface area contributed by atoms with E-state index in [-0.39, 0.29) is 22.1 Å². The highest BCUT2D eigenvalue weighted by molar-refractivity contribution is 6.17. The standard InChI is InChI=1S/C13H15NO3/c1-3-14(4-2)12(15)11(13(16)17-14)10-8-6-5-7-9-10/h5-9H,3-4H2,1-2H3/p+1. The second-order valence-corrected chi connectivity index (χ2v) is 3.96. The molecular formula is C13H16NO3+. The zero-order chi connectivity index (χ0) is 12.5. The lowest BCUT2D eigenvalue weighted by atomic mass is 10.1. The number of quaternary nitrogens is 1. The fourth-order valence-electron chi connectivity index (χ4n) is 2.04. The predicted molar refractivity (Wildman–Crippen MR) is 63.4 cm³/mol. The topological polar surface area (TPSA) is 46.5 Å². The van der Waals surface area contributed by atoms with E-state index >= 15 is 0 Å². The number of aliphatic hydroxyl groups is 1. The molecule has 0 radical (unpaired) electrons. The number of rotatable bonds is 3. The molecule has 0 bridgehead atoms. The van der Waals surface area contributed by atoms with Crippen LogP contribution >= 0.6 is 0 Å². The van der Waals surface area contributed by atoms with Crippen LogP contribution in [-0.4, -0.2) is 28.7 Å². The highest BCUT2D eigenvalue weighted by Gasteiger charge is 2.49. The van der Waals surface area contributed by atoms with E-state index in [0.29, 0.717) is 18.7 Å². The molecule has 0 fully saturated rings. The van der Waals surface area contributed by atoms with Gasteiger partial charge in [-0.25, -0.2) is 4.79 Å². The fourth-order valence-corrected chi connectivity index (χ4v) is 2.04. The number of hydrogen-bond donors (Lipinski definition) is 1.